The van der Waals surface area contributed by atoms with Crippen LogP contribution in [0.3, 0.4) is 0 Å². The third-order valence-corrected chi connectivity index (χ3v) is 3.40. The molecule has 2 aromatic rings. The van der Waals surface area contributed by atoms with Gasteiger partial charge in [0.15, 0.2) is 0 Å². The number of hydrogen-bond acceptors (Lipinski definition) is 3. The Bertz CT molecular complexity index is 608. The highest BCUT2D eigenvalue weighted by atomic mass is 16.2. The van der Waals surface area contributed by atoms with E-state index in [0.717, 1.165) is 23.5 Å². The number of aromatic nitrogens is 3. The van der Waals surface area contributed by atoms with Crippen molar-refractivity contribution < 1.29 is 4.79 Å². The molecule has 2 heterocycles. The van der Waals surface area contributed by atoms with E-state index in [9.17, 15) is 4.79 Å². The fraction of sp³-hybridized carbons (Fsp3) is 0.438. The van der Waals surface area contributed by atoms with Gasteiger partial charge in [-0.05, 0) is 43.5 Å². The predicted molar refractivity (Wildman–Crippen MR) is 85.3 cm³/mol. The van der Waals surface area contributed by atoms with Crippen LogP contribution in [0.2, 0.25) is 0 Å². The number of pyridine rings is 1. The first-order valence-electron chi connectivity index (χ1n) is 7.46. The van der Waals surface area contributed by atoms with Gasteiger partial charge in [0.1, 0.15) is 0 Å². The molecule has 0 aliphatic carbocycles. The van der Waals surface area contributed by atoms with Crippen molar-refractivity contribution in [3.8, 4) is 0 Å². The number of nitrogens with one attached hydrogen (secondary N) is 2. The van der Waals surface area contributed by atoms with E-state index in [-0.39, 0.29) is 6.03 Å². The van der Waals surface area contributed by atoms with Crippen LogP contribution in [0, 0.1) is 19.8 Å². The van der Waals surface area contributed by atoms with E-state index < -0.39 is 0 Å². The highest BCUT2D eigenvalue weighted by Gasteiger charge is 2.08. The summed E-state index contributed by atoms with van der Waals surface area (Å²) in [7, 11) is 0. The maximum Gasteiger partial charge on any atom is 0.315 e. The molecule has 0 fully saturated rings. The highest BCUT2D eigenvalue weighted by molar-refractivity contribution is 5.73. The van der Waals surface area contributed by atoms with Crippen molar-refractivity contribution in [3.63, 3.8) is 0 Å². The van der Waals surface area contributed by atoms with Crippen molar-refractivity contribution in [1.82, 2.24) is 25.4 Å². The molecule has 118 valence electrons. The minimum atomic E-state index is -0.156. The molecule has 2 aromatic heterocycles. The molecule has 6 nitrogen and oxygen atoms in total. The van der Waals surface area contributed by atoms with E-state index in [4.69, 9.17) is 0 Å². The molecular weight excluding hydrogens is 278 g/mol. The van der Waals surface area contributed by atoms with E-state index in [2.05, 4.69) is 33.7 Å². The molecule has 0 spiro atoms. The van der Waals surface area contributed by atoms with E-state index in [0.29, 0.717) is 19.0 Å². The van der Waals surface area contributed by atoms with Crippen molar-refractivity contribution >= 4 is 6.03 Å². The van der Waals surface area contributed by atoms with E-state index in [1.807, 2.05) is 30.7 Å². The first kappa shape index (κ1) is 16.0. The highest BCUT2D eigenvalue weighted by Crippen LogP contribution is 2.05. The summed E-state index contributed by atoms with van der Waals surface area (Å²) in [6.45, 7) is 8.03. The number of rotatable bonds is 6. The number of nitrogens with zero attached hydrogens (tertiary/aromatic N) is 3. The molecule has 0 saturated carbocycles. The maximum atomic E-state index is 11.8. The largest absolute Gasteiger partial charge is 0.338 e. The summed E-state index contributed by atoms with van der Waals surface area (Å²) in [5.74, 6) is 0.310. The number of urea groups is 1. The molecule has 1 unspecified atom stereocenters. The van der Waals surface area contributed by atoms with Crippen molar-refractivity contribution in [1.29, 1.82) is 0 Å². The number of carbonyl (C=O) groups excluding carboxylic acids is 1. The van der Waals surface area contributed by atoms with Gasteiger partial charge in [-0.1, -0.05) is 6.92 Å². The Kier molecular flexibility index (Phi) is 5.52. The molecule has 2 rings (SSSR count). The average Bonchev–Trinajstić information content (AvgIpc) is 2.82. The molecular formula is C16H23N5O. The normalized spacial score (nSPS) is 12.0. The van der Waals surface area contributed by atoms with E-state index >= 15 is 0 Å². The summed E-state index contributed by atoms with van der Waals surface area (Å²) in [5, 5.41) is 10.2. The van der Waals surface area contributed by atoms with Crippen molar-refractivity contribution in [2.75, 3.05) is 6.54 Å². The zero-order valence-corrected chi connectivity index (χ0v) is 13.3. The first-order valence-corrected chi connectivity index (χ1v) is 7.46. The van der Waals surface area contributed by atoms with Gasteiger partial charge >= 0.3 is 6.03 Å². The second-order valence-electron chi connectivity index (χ2n) is 5.63. The van der Waals surface area contributed by atoms with E-state index in [1.165, 1.54) is 0 Å². The van der Waals surface area contributed by atoms with Crippen LogP contribution in [-0.2, 0) is 13.1 Å². The minimum absolute atomic E-state index is 0.156. The van der Waals surface area contributed by atoms with Gasteiger partial charge in [-0.15, -0.1) is 0 Å². The van der Waals surface area contributed by atoms with Gasteiger partial charge in [0.05, 0.1) is 5.69 Å². The average molecular weight is 301 g/mol. The molecule has 2 amide bonds. The lowest BCUT2D eigenvalue weighted by molar-refractivity contribution is 0.238. The van der Waals surface area contributed by atoms with Gasteiger partial charge in [-0.3, -0.25) is 9.67 Å². The van der Waals surface area contributed by atoms with Crippen LogP contribution in [0.15, 0.2) is 30.6 Å². The third kappa shape index (κ3) is 4.87. The molecule has 6 heteroatoms. The zero-order chi connectivity index (χ0) is 15.9. The van der Waals surface area contributed by atoms with Crippen molar-refractivity contribution in [2.24, 2.45) is 5.92 Å². The molecule has 0 saturated heterocycles. The number of amides is 2. The summed E-state index contributed by atoms with van der Waals surface area (Å²) >= 11 is 0. The van der Waals surface area contributed by atoms with Gasteiger partial charge in [0.2, 0.25) is 0 Å². The molecule has 22 heavy (non-hydrogen) atoms. The fourth-order valence-corrected chi connectivity index (χ4v) is 2.23. The molecule has 0 bridgehead atoms. The van der Waals surface area contributed by atoms with Gasteiger partial charge in [-0.25, -0.2) is 4.79 Å². The topological polar surface area (TPSA) is 71.8 Å². The lowest BCUT2D eigenvalue weighted by atomic mass is 10.2. The summed E-state index contributed by atoms with van der Waals surface area (Å²) in [5.41, 5.74) is 3.19. The molecule has 0 aromatic carbocycles. The van der Waals surface area contributed by atoms with Crippen LogP contribution in [0.25, 0.3) is 0 Å². The summed E-state index contributed by atoms with van der Waals surface area (Å²) in [6.07, 6.45) is 3.43. The summed E-state index contributed by atoms with van der Waals surface area (Å²) in [6, 6.07) is 5.66. The lowest BCUT2D eigenvalue weighted by Crippen LogP contribution is -2.38. The summed E-state index contributed by atoms with van der Waals surface area (Å²) < 4.78 is 1.98. The van der Waals surface area contributed by atoms with Crippen molar-refractivity contribution in [2.45, 2.75) is 33.9 Å². The van der Waals surface area contributed by atoms with Crippen LogP contribution in [-0.4, -0.2) is 27.3 Å². The SMILES string of the molecule is Cc1cc(C)n(CC(C)CNC(=O)NCc2ccncc2)n1. The van der Waals surface area contributed by atoms with Crippen LogP contribution in [0.4, 0.5) is 4.79 Å². The van der Waals surface area contributed by atoms with Gasteiger partial charge in [0, 0.05) is 37.7 Å². The number of carbonyl (C=O) groups is 1. The molecule has 0 aliphatic rings. The Morgan fingerprint density at radius 2 is 2.00 bits per heavy atom. The molecule has 1 atom stereocenters. The molecule has 0 aliphatic heterocycles. The second kappa shape index (κ2) is 7.59. The Morgan fingerprint density at radius 3 is 2.64 bits per heavy atom. The molecule has 2 N–H and O–H groups in total. The number of aryl methyl sites for hydroxylation is 2. The first-order chi connectivity index (χ1) is 10.5. The Morgan fingerprint density at radius 1 is 1.27 bits per heavy atom. The van der Waals surface area contributed by atoms with Crippen LogP contribution >= 0.6 is 0 Å². The second-order valence-corrected chi connectivity index (χ2v) is 5.63. The fourth-order valence-electron chi connectivity index (χ4n) is 2.23. The standard InChI is InChI=1S/C16H23N5O/c1-12(11-21-14(3)8-13(2)20-21)9-18-16(22)19-10-15-4-6-17-7-5-15/h4-8,12H,9-11H2,1-3H3,(H2,18,19,22). The van der Waals surface area contributed by atoms with Gasteiger partial charge in [-0.2, -0.15) is 5.10 Å². The van der Waals surface area contributed by atoms with E-state index in [1.54, 1.807) is 12.4 Å². The zero-order valence-electron chi connectivity index (χ0n) is 13.3. The minimum Gasteiger partial charge on any atom is -0.338 e. The van der Waals surface area contributed by atoms with Crippen molar-refractivity contribution in [3.05, 3.63) is 47.5 Å². The maximum absolute atomic E-state index is 11.8. The van der Waals surface area contributed by atoms with Crippen LogP contribution < -0.4 is 10.6 Å². The Hall–Kier alpha value is -2.37. The van der Waals surface area contributed by atoms with Crippen LogP contribution in [0.5, 0.6) is 0 Å². The number of hydrogen-bond donors (Lipinski definition) is 2. The smallest absolute Gasteiger partial charge is 0.315 e. The molecule has 0 radical (unpaired) electrons. The Balaban J connectivity index is 1.70. The van der Waals surface area contributed by atoms with Gasteiger partial charge < -0.3 is 10.6 Å². The summed E-state index contributed by atoms with van der Waals surface area (Å²) in [4.78, 5) is 15.7. The Labute approximate surface area is 130 Å². The monoisotopic (exact) mass is 301 g/mol. The lowest BCUT2D eigenvalue weighted by Gasteiger charge is -2.14. The predicted octanol–water partition coefficient (Wildman–Crippen LogP) is 2.03. The van der Waals surface area contributed by atoms with Gasteiger partial charge in [0.25, 0.3) is 0 Å². The third-order valence-electron chi connectivity index (χ3n) is 3.40. The quantitative estimate of drug-likeness (QED) is 0.857. The van der Waals surface area contributed by atoms with Crippen LogP contribution in [0.1, 0.15) is 23.9 Å².